The molecule has 1 atom stereocenters. The molecule has 0 aliphatic carbocycles. The van der Waals surface area contributed by atoms with Gasteiger partial charge in [0.1, 0.15) is 23.7 Å². The zero-order chi connectivity index (χ0) is 19.5. The van der Waals surface area contributed by atoms with Crippen molar-refractivity contribution in [3.8, 4) is 0 Å². The van der Waals surface area contributed by atoms with Crippen molar-refractivity contribution < 1.29 is 23.2 Å². The van der Waals surface area contributed by atoms with Crippen molar-refractivity contribution in [1.82, 2.24) is 15.1 Å². The number of halogens is 2. The van der Waals surface area contributed by atoms with Crippen molar-refractivity contribution in [1.29, 1.82) is 0 Å². The van der Waals surface area contributed by atoms with Gasteiger partial charge >= 0.3 is 6.03 Å². The first-order valence-electron chi connectivity index (χ1n) is 8.62. The summed E-state index contributed by atoms with van der Waals surface area (Å²) in [6.45, 7) is 5.75. The summed E-state index contributed by atoms with van der Waals surface area (Å²) in [7, 11) is 0. The van der Waals surface area contributed by atoms with Gasteiger partial charge in [-0.3, -0.25) is 14.5 Å². The molecule has 0 radical (unpaired) electrons. The monoisotopic (exact) mass is 367 g/mol. The molecule has 0 saturated carbocycles. The van der Waals surface area contributed by atoms with E-state index in [1.807, 2.05) is 13.8 Å². The molecule has 0 aromatic heterocycles. The number of nitrogens with zero attached hydrogens (tertiary/aromatic N) is 2. The molecule has 8 heteroatoms. The molecule has 1 aromatic carbocycles. The number of carbonyl (C=O) groups is 3. The molecule has 0 spiro atoms. The van der Waals surface area contributed by atoms with E-state index in [1.54, 1.807) is 4.90 Å². The maximum atomic E-state index is 14.1. The third kappa shape index (κ3) is 3.68. The number of imide groups is 1. The Morgan fingerprint density at radius 3 is 2.38 bits per heavy atom. The summed E-state index contributed by atoms with van der Waals surface area (Å²) >= 11 is 0. The molecule has 1 N–H and O–H groups in total. The third-order valence-electron chi connectivity index (χ3n) is 4.38. The van der Waals surface area contributed by atoms with Crippen molar-refractivity contribution in [2.75, 3.05) is 19.6 Å². The first-order valence-corrected chi connectivity index (χ1v) is 8.62. The van der Waals surface area contributed by atoms with Crippen LogP contribution in [-0.2, 0) is 15.1 Å². The number of rotatable bonds is 7. The van der Waals surface area contributed by atoms with Crippen LogP contribution in [0.25, 0.3) is 0 Å². The average molecular weight is 367 g/mol. The van der Waals surface area contributed by atoms with Gasteiger partial charge < -0.3 is 10.2 Å². The highest BCUT2D eigenvalue weighted by Crippen LogP contribution is 2.31. The smallest absolute Gasteiger partial charge is 0.325 e. The predicted octanol–water partition coefficient (Wildman–Crippen LogP) is 2.38. The summed E-state index contributed by atoms with van der Waals surface area (Å²) in [5, 5.41) is 2.38. The fourth-order valence-corrected chi connectivity index (χ4v) is 3.04. The molecule has 142 valence electrons. The highest BCUT2D eigenvalue weighted by Gasteiger charge is 2.51. The van der Waals surface area contributed by atoms with Gasteiger partial charge in [0.15, 0.2) is 0 Å². The van der Waals surface area contributed by atoms with E-state index in [4.69, 9.17) is 0 Å². The minimum Gasteiger partial charge on any atom is -0.341 e. The van der Waals surface area contributed by atoms with E-state index in [0.717, 1.165) is 35.9 Å². The van der Waals surface area contributed by atoms with Crippen LogP contribution in [0.3, 0.4) is 0 Å². The summed E-state index contributed by atoms with van der Waals surface area (Å²) in [4.78, 5) is 39.8. The van der Waals surface area contributed by atoms with Crippen molar-refractivity contribution in [3.05, 3.63) is 35.4 Å². The lowest BCUT2D eigenvalue weighted by molar-refractivity contribution is -0.139. The SMILES string of the molecule is CCCN(CCC)C(=O)CN1C(=O)N[C@@](C)(c2cc(F)ccc2F)C1=O. The van der Waals surface area contributed by atoms with E-state index in [-0.39, 0.29) is 11.5 Å². The molecule has 1 aromatic rings. The van der Waals surface area contributed by atoms with E-state index in [2.05, 4.69) is 5.32 Å². The zero-order valence-corrected chi connectivity index (χ0v) is 15.1. The molecule has 6 nitrogen and oxygen atoms in total. The number of hydrogen-bond donors (Lipinski definition) is 1. The average Bonchev–Trinajstić information content (AvgIpc) is 2.80. The summed E-state index contributed by atoms with van der Waals surface area (Å²) in [6.07, 6.45) is 1.50. The van der Waals surface area contributed by atoms with E-state index >= 15 is 0 Å². The zero-order valence-electron chi connectivity index (χ0n) is 15.1. The molecule has 2 rings (SSSR count). The second kappa shape index (κ2) is 7.80. The first-order chi connectivity index (χ1) is 12.2. The molecule has 1 aliphatic heterocycles. The number of nitrogens with one attached hydrogen (secondary N) is 1. The van der Waals surface area contributed by atoms with Crippen molar-refractivity contribution in [3.63, 3.8) is 0 Å². The quantitative estimate of drug-likeness (QED) is 0.753. The van der Waals surface area contributed by atoms with Crippen LogP contribution in [-0.4, -0.2) is 47.3 Å². The standard InChI is InChI=1S/C18H23F2N3O3/c1-4-8-22(9-5-2)15(24)11-23-16(25)18(3,21-17(23)26)13-10-12(19)6-7-14(13)20/h6-7,10H,4-5,8-9,11H2,1-3H3,(H,21,26)/t18-/m0/s1. The van der Waals surface area contributed by atoms with Crippen LogP contribution in [0.5, 0.6) is 0 Å². The molecular formula is C18H23F2N3O3. The normalized spacial score (nSPS) is 19.7. The van der Waals surface area contributed by atoms with Crippen LogP contribution >= 0.6 is 0 Å². The Hall–Kier alpha value is -2.51. The van der Waals surface area contributed by atoms with Gasteiger partial charge in [-0.2, -0.15) is 0 Å². The number of carbonyl (C=O) groups excluding carboxylic acids is 3. The van der Waals surface area contributed by atoms with Gasteiger partial charge in [0.25, 0.3) is 5.91 Å². The Kier molecular flexibility index (Phi) is 5.94. The third-order valence-corrected chi connectivity index (χ3v) is 4.38. The number of urea groups is 1. The second-order valence-electron chi connectivity index (χ2n) is 6.45. The number of benzene rings is 1. The molecule has 0 unspecified atom stereocenters. The van der Waals surface area contributed by atoms with Crippen molar-refractivity contribution >= 4 is 17.8 Å². The molecule has 26 heavy (non-hydrogen) atoms. The lowest BCUT2D eigenvalue weighted by atomic mass is 9.91. The summed E-state index contributed by atoms with van der Waals surface area (Å²) in [5.41, 5.74) is -2.03. The van der Waals surface area contributed by atoms with Crippen LogP contribution in [0, 0.1) is 11.6 Å². The fourth-order valence-electron chi connectivity index (χ4n) is 3.04. The van der Waals surface area contributed by atoms with E-state index in [0.29, 0.717) is 13.1 Å². The van der Waals surface area contributed by atoms with Crippen molar-refractivity contribution in [2.24, 2.45) is 0 Å². The molecule has 1 heterocycles. The highest BCUT2D eigenvalue weighted by molar-refractivity contribution is 6.09. The minimum absolute atomic E-state index is 0.273. The summed E-state index contributed by atoms with van der Waals surface area (Å²) < 4.78 is 27.6. The van der Waals surface area contributed by atoms with Crippen LogP contribution in [0.15, 0.2) is 18.2 Å². The molecule has 0 bridgehead atoms. The second-order valence-corrected chi connectivity index (χ2v) is 6.45. The van der Waals surface area contributed by atoms with E-state index in [1.165, 1.54) is 6.92 Å². The molecule has 1 aliphatic rings. The fraction of sp³-hybridized carbons (Fsp3) is 0.500. The van der Waals surface area contributed by atoms with Gasteiger partial charge in [0.05, 0.1) is 0 Å². The Morgan fingerprint density at radius 1 is 1.19 bits per heavy atom. The Morgan fingerprint density at radius 2 is 1.81 bits per heavy atom. The molecule has 4 amide bonds. The van der Waals surface area contributed by atoms with Gasteiger partial charge in [-0.05, 0) is 38.0 Å². The summed E-state index contributed by atoms with van der Waals surface area (Å²) in [6, 6.07) is 1.90. The summed E-state index contributed by atoms with van der Waals surface area (Å²) in [5.74, 6) is -2.68. The predicted molar refractivity (Wildman–Crippen MR) is 91.1 cm³/mol. The molecule has 1 saturated heterocycles. The maximum Gasteiger partial charge on any atom is 0.325 e. The minimum atomic E-state index is -1.76. The Labute approximate surface area is 151 Å². The molecule has 1 fully saturated rings. The van der Waals surface area contributed by atoms with E-state index < -0.39 is 35.7 Å². The lowest BCUT2D eigenvalue weighted by Crippen LogP contribution is -2.45. The van der Waals surface area contributed by atoms with Gasteiger partial charge in [-0.1, -0.05) is 13.8 Å². The van der Waals surface area contributed by atoms with Crippen LogP contribution in [0.2, 0.25) is 0 Å². The highest BCUT2D eigenvalue weighted by atomic mass is 19.1. The van der Waals surface area contributed by atoms with Crippen LogP contribution in [0.1, 0.15) is 39.2 Å². The Bertz CT molecular complexity index is 720. The van der Waals surface area contributed by atoms with Crippen LogP contribution in [0.4, 0.5) is 13.6 Å². The van der Waals surface area contributed by atoms with Gasteiger partial charge in [0.2, 0.25) is 5.91 Å². The van der Waals surface area contributed by atoms with Gasteiger partial charge in [-0.15, -0.1) is 0 Å². The number of amides is 4. The number of hydrogen-bond acceptors (Lipinski definition) is 3. The first kappa shape index (κ1) is 19.8. The molecular weight excluding hydrogens is 344 g/mol. The van der Waals surface area contributed by atoms with Crippen LogP contribution < -0.4 is 5.32 Å². The largest absolute Gasteiger partial charge is 0.341 e. The van der Waals surface area contributed by atoms with Crippen molar-refractivity contribution in [2.45, 2.75) is 39.2 Å². The Balaban J connectivity index is 2.25. The lowest BCUT2D eigenvalue weighted by Gasteiger charge is -2.25. The maximum absolute atomic E-state index is 14.1. The van der Waals surface area contributed by atoms with E-state index in [9.17, 15) is 23.2 Å². The topological polar surface area (TPSA) is 69.7 Å². The van der Waals surface area contributed by atoms with Gasteiger partial charge in [-0.25, -0.2) is 13.6 Å². The van der Waals surface area contributed by atoms with Gasteiger partial charge in [0, 0.05) is 18.7 Å².